The maximum Gasteiger partial charge on any atom is 0.128 e. The fraction of sp³-hybridized carbons (Fsp3) is 0.114. The molecule has 0 unspecified atom stereocenters. The van der Waals surface area contributed by atoms with Crippen LogP contribution in [0.25, 0.3) is 29.4 Å². The molecular weight excluding hydrogens is 481 g/mol. The molecule has 4 heteroatoms. The van der Waals surface area contributed by atoms with Crippen molar-refractivity contribution in [2.75, 3.05) is 17.7 Å². The third-order valence-electron chi connectivity index (χ3n) is 5.75. The molecule has 0 aliphatic rings. The Bertz CT molecular complexity index is 1390. The van der Waals surface area contributed by atoms with E-state index in [9.17, 15) is 4.39 Å². The SMILES string of the molecule is C=C/C=C/c1cncc(N(C)Cc2ccc(-c3ccc(N)c(C=C)c3)cc2F)c1.C=Cc1ccccc1.CC. The van der Waals surface area contributed by atoms with Gasteiger partial charge in [0.05, 0.1) is 11.9 Å². The fourth-order valence-corrected chi connectivity index (χ4v) is 3.65. The second-order valence-corrected chi connectivity index (χ2v) is 8.40. The lowest BCUT2D eigenvalue weighted by atomic mass is 10.00. The highest BCUT2D eigenvalue weighted by molar-refractivity contribution is 5.73. The molecule has 0 fully saturated rings. The van der Waals surface area contributed by atoms with Gasteiger partial charge in [-0.05, 0) is 52.1 Å². The number of halogens is 1. The molecule has 200 valence electrons. The highest BCUT2D eigenvalue weighted by Crippen LogP contribution is 2.27. The van der Waals surface area contributed by atoms with Crippen molar-refractivity contribution in [1.82, 2.24) is 4.98 Å². The molecule has 1 aromatic heterocycles. The van der Waals surface area contributed by atoms with Gasteiger partial charge in [-0.25, -0.2) is 4.39 Å². The van der Waals surface area contributed by atoms with Gasteiger partial charge in [-0.3, -0.25) is 4.98 Å². The van der Waals surface area contributed by atoms with Crippen molar-refractivity contribution >= 4 is 29.6 Å². The predicted octanol–water partition coefficient (Wildman–Crippen LogP) is 9.30. The highest BCUT2D eigenvalue weighted by atomic mass is 19.1. The van der Waals surface area contributed by atoms with Gasteiger partial charge >= 0.3 is 0 Å². The number of pyridine rings is 1. The van der Waals surface area contributed by atoms with Gasteiger partial charge in [0, 0.05) is 31.0 Å². The summed E-state index contributed by atoms with van der Waals surface area (Å²) in [5.74, 6) is -0.248. The highest BCUT2D eigenvalue weighted by Gasteiger charge is 2.10. The molecule has 0 saturated carbocycles. The van der Waals surface area contributed by atoms with Crippen LogP contribution in [0, 0.1) is 5.82 Å². The molecule has 0 bridgehead atoms. The molecule has 3 nitrogen and oxygen atoms in total. The van der Waals surface area contributed by atoms with E-state index in [-0.39, 0.29) is 5.82 Å². The monoisotopic (exact) mass is 519 g/mol. The van der Waals surface area contributed by atoms with E-state index in [2.05, 4.69) is 24.7 Å². The maximum absolute atomic E-state index is 14.8. The lowest BCUT2D eigenvalue weighted by Crippen LogP contribution is -2.17. The number of hydrogen-bond donors (Lipinski definition) is 1. The average Bonchev–Trinajstić information content (AvgIpc) is 2.99. The molecule has 0 spiro atoms. The number of anilines is 2. The summed E-state index contributed by atoms with van der Waals surface area (Å²) in [4.78, 5) is 6.23. The number of rotatable bonds is 8. The zero-order chi connectivity index (χ0) is 28.6. The smallest absolute Gasteiger partial charge is 0.128 e. The molecule has 4 rings (SSSR count). The van der Waals surface area contributed by atoms with Crippen molar-refractivity contribution in [3.8, 4) is 11.1 Å². The average molecular weight is 520 g/mol. The van der Waals surface area contributed by atoms with Crippen LogP contribution in [0.15, 0.2) is 117 Å². The molecule has 0 saturated heterocycles. The van der Waals surface area contributed by atoms with Gasteiger partial charge < -0.3 is 10.6 Å². The summed E-state index contributed by atoms with van der Waals surface area (Å²) in [7, 11) is 1.92. The Labute approximate surface area is 233 Å². The van der Waals surface area contributed by atoms with Gasteiger partial charge in [-0.15, -0.1) is 0 Å². The second kappa shape index (κ2) is 16.2. The van der Waals surface area contributed by atoms with E-state index in [1.807, 2.05) is 111 Å². The van der Waals surface area contributed by atoms with Gasteiger partial charge in [-0.1, -0.05) is 112 Å². The lowest BCUT2D eigenvalue weighted by Gasteiger charge is -2.20. The van der Waals surface area contributed by atoms with Crippen molar-refractivity contribution in [2.24, 2.45) is 0 Å². The second-order valence-electron chi connectivity index (χ2n) is 8.40. The summed E-state index contributed by atoms with van der Waals surface area (Å²) in [5.41, 5.74) is 12.8. The van der Waals surface area contributed by atoms with Crippen molar-refractivity contribution in [3.63, 3.8) is 0 Å². The summed E-state index contributed by atoms with van der Waals surface area (Å²) >= 11 is 0. The van der Waals surface area contributed by atoms with Crippen LogP contribution in [-0.4, -0.2) is 12.0 Å². The van der Waals surface area contributed by atoms with E-state index in [4.69, 9.17) is 5.73 Å². The van der Waals surface area contributed by atoms with Crippen LogP contribution in [-0.2, 0) is 6.54 Å². The number of nitrogens with zero attached hydrogens (tertiary/aromatic N) is 2. The van der Waals surface area contributed by atoms with Gasteiger partial charge in [0.2, 0.25) is 0 Å². The zero-order valence-electron chi connectivity index (χ0n) is 23.1. The Morgan fingerprint density at radius 2 is 1.54 bits per heavy atom. The largest absolute Gasteiger partial charge is 0.398 e. The molecular formula is C35H38FN3. The Balaban J connectivity index is 0.000000451. The topological polar surface area (TPSA) is 42.2 Å². The van der Waals surface area contributed by atoms with Crippen molar-refractivity contribution < 1.29 is 4.39 Å². The van der Waals surface area contributed by atoms with Crippen molar-refractivity contribution in [3.05, 3.63) is 145 Å². The standard InChI is InChI=1S/C25H24FN3.C8H8.C2H6/c1-4-6-7-18-12-23(16-28-15-18)29(3)17-22-9-8-21(14-24(22)26)20-10-11-25(27)19(5-2)13-20;1-2-8-6-4-3-5-7-8;1-2/h4-16H,1-2,17,27H2,3H3;2-7H,1H2;1-2H3/b7-6+;;. The molecule has 0 aliphatic heterocycles. The predicted molar refractivity (Wildman–Crippen MR) is 170 cm³/mol. The van der Waals surface area contributed by atoms with Crippen LogP contribution in [0.1, 0.15) is 36.1 Å². The first kappa shape index (κ1) is 30.5. The molecule has 39 heavy (non-hydrogen) atoms. The molecule has 3 aromatic carbocycles. The fourth-order valence-electron chi connectivity index (χ4n) is 3.65. The number of nitrogens with two attached hydrogens (primary N) is 1. The molecule has 0 amide bonds. The van der Waals surface area contributed by atoms with Gasteiger partial charge in [-0.2, -0.15) is 0 Å². The molecule has 4 aromatic rings. The van der Waals surface area contributed by atoms with Crippen LogP contribution in [0.3, 0.4) is 0 Å². The third kappa shape index (κ3) is 9.28. The first-order valence-corrected chi connectivity index (χ1v) is 12.9. The van der Waals surface area contributed by atoms with Crippen LogP contribution in [0.4, 0.5) is 15.8 Å². The van der Waals surface area contributed by atoms with Crippen molar-refractivity contribution in [1.29, 1.82) is 0 Å². The summed E-state index contributed by atoms with van der Waals surface area (Å²) in [6.45, 7) is 15.5. The number of allylic oxidation sites excluding steroid dienone is 2. The molecule has 0 radical (unpaired) electrons. The minimum absolute atomic E-state index is 0.248. The van der Waals surface area contributed by atoms with Gasteiger partial charge in [0.25, 0.3) is 0 Å². The Hall–Kier alpha value is -4.70. The molecule has 0 aliphatic carbocycles. The molecule has 0 atom stereocenters. The Kier molecular flexibility index (Phi) is 12.7. The van der Waals surface area contributed by atoms with E-state index in [1.54, 1.807) is 30.6 Å². The number of benzene rings is 3. The van der Waals surface area contributed by atoms with E-state index in [0.717, 1.165) is 27.9 Å². The quantitative estimate of drug-likeness (QED) is 0.186. The van der Waals surface area contributed by atoms with E-state index < -0.39 is 0 Å². The van der Waals surface area contributed by atoms with Crippen LogP contribution < -0.4 is 10.6 Å². The maximum atomic E-state index is 14.8. The molecule has 2 N–H and O–H groups in total. The first-order chi connectivity index (χ1) is 18.9. The Morgan fingerprint density at radius 1 is 0.846 bits per heavy atom. The minimum Gasteiger partial charge on any atom is -0.398 e. The summed E-state index contributed by atoms with van der Waals surface area (Å²) in [5, 5.41) is 0. The van der Waals surface area contributed by atoms with Crippen molar-refractivity contribution in [2.45, 2.75) is 20.4 Å². The number of hydrogen-bond acceptors (Lipinski definition) is 3. The number of aromatic nitrogens is 1. The minimum atomic E-state index is -0.248. The van der Waals surface area contributed by atoms with E-state index in [1.165, 1.54) is 5.56 Å². The zero-order valence-corrected chi connectivity index (χ0v) is 23.1. The first-order valence-electron chi connectivity index (χ1n) is 12.9. The third-order valence-corrected chi connectivity index (χ3v) is 5.75. The number of nitrogen functional groups attached to an aromatic ring is 1. The Morgan fingerprint density at radius 3 is 2.15 bits per heavy atom. The van der Waals surface area contributed by atoms with Crippen LogP contribution in [0.5, 0.6) is 0 Å². The lowest BCUT2D eigenvalue weighted by molar-refractivity contribution is 0.608. The summed E-state index contributed by atoms with van der Waals surface area (Å²) in [6, 6.07) is 22.9. The van der Waals surface area contributed by atoms with E-state index >= 15 is 0 Å². The van der Waals surface area contributed by atoms with Gasteiger partial charge in [0.15, 0.2) is 0 Å². The van der Waals surface area contributed by atoms with Gasteiger partial charge in [0.1, 0.15) is 5.82 Å². The van der Waals surface area contributed by atoms with E-state index in [0.29, 0.717) is 17.8 Å². The van der Waals surface area contributed by atoms with Crippen LogP contribution >= 0.6 is 0 Å². The van der Waals surface area contributed by atoms with Crippen LogP contribution in [0.2, 0.25) is 0 Å². The summed E-state index contributed by atoms with van der Waals surface area (Å²) < 4.78 is 14.8. The molecule has 1 heterocycles. The normalized spacial score (nSPS) is 9.95. The summed E-state index contributed by atoms with van der Waals surface area (Å²) in [6.07, 6.45) is 12.6.